The standard InChI is InChI=1S/C13H12I2N2O/c1-6-7(2)12-9(11(15)10(6)14)4-8(5-17-12)13(18)16-3/h4-5H,1-3H3,(H,16,18). The third-order valence-electron chi connectivity index (χ3n) is 3.05. The number of aromatic nitrogens is 1. The summed E-state index contributed by atoms with van der Waals surface area (Å²) < 4.78 is 2.39. The molecule has 0 saturated carbocycles. The van der Waals surface area contributed by atoms with Gasteiger partial charge in [0, 0.05) is 25.8 Å². The Morgan fingerprint density at radius 2 is 1.89 bits per heavy atom. The summed E-state index contributed by atoms with van der Waals surface area (Å²) >= 11 is 4.66. The monoisotopic (exact) mass is 466 g/mol. The number of halogens is 2. The molecule has 0 atom stereocenters. The summed E-state index contributed by atoms with van der Waals surface area (Å²) in [6, 6.07) is 1.91. The van der Waals surface area contributed by atoms with Gasteiger partial charge in [-0.3, -0.25) is 9.78 Å². The maximum atomic E-state index is 11.6. The molecule has 0 unspecified atom stereocenters. The zero-order chi connectivity index (χ0) is 13.4. The van der Waals surface area contributed by atoms with Gasteiger partial charge in [-0.05, 0) is 76.2 Å². The minimum Gasteiger partial charge on any atom is -0.355 e. The molecule has 3 nitrogen and oxygen atoms in total. The fourth-order valence-corrected chi connectivity index (χ4v) is 3.34. The topological polar surface area (TPSA) is 42.0 Å². The Morgan fingerprint density at radius 3 is 2.50 bits per heavy atom. The van der Waals surface area contributed by atoms with Crippen LogP contribution in [0.15, 0.2) is 12.3 Å². The summed E-state index contributed by atoms with van der Waals surface area (Å²) in [6.07, 6.45) is 1.64. The van der Waals surface area contributed by atoms with Gasteiger partial charge in [-0.1, -0.05) is 0 Å². The van der Waals surface area contributed by atoms with Crippen molar-refractivity contribution in [2.45, 2.75) is 13.8 Å². The second kappa shape index (κ2) is 5.28. The average Bonchev–Trinajstić information content (AvgIpc) is 2.41. The van der Waals surface area contributed by atoms with Crippen LogP contribution >= 0.6 is 45.2 Å². The Hall–Kier alpha value is -0.440. The minimum atomic E-state index is -0.103. The third kappa shape index (κ3) is 2.22. The maximum absolute atomic E-state index is 11.6. The van der Waals surface area contributed by atoms with E-state index in [2.05, 4.69) is 69.3 Å². The fourth-order valence-electron chi connectivity index (χ4n) is 1.82. The maximum Gasteiger partial charge on any atom is 0.252 e. The number of fused-ring (bicyclic) bond motifs is 1. The molecule has 1 aromatic carbocycles. The van der Waals surface area contributed by atoms with Crippen molar-refractivity contribution < 1.29 is 4.79 Å². The van der Waals surface area contributed by atoms with Gasteiger partial charge in [-0.25, -0.2) is 0 Å². The number of aryl methyl sites for hydroxylation is 1. The number of benzene rings is 1. The summed E-state index contributed by atoms with van der Waals surface area (Å²) in [6.45, 7) is 4.18. The van der Waals surface area contributed by atoms with Crippen molar-refractivity contribution in [3.05, 3.63) is 36.1 Å². The van der Waals surface area contributed by atoms with E-state index in [1.165, 1.54) is 14.7 Å². The molecule has 2 rings (SSSR count). The van der Waals surface area contributed by atoms with Gasteiger partial charge in [0.15, 0.2) is 0 Å². The Balaban J connectivity index is 2.82. The van der Waals surface area contributed by atoms with E-state index in [0.29, 0.717) is 5.56 Å². The molecule has 1 amide bonds. The van der Waals surface area contributed by atoms with E-state index in [-0.39, 0.29) is 5.91 Å². The van der Waals surface area contributed by atoms with E-state index in [9.17, 15) is 4.79 Å². The van der Waals surface area contributed by atoms with Crippen molar-refractivity contribution in [3.63, 3.8) is 0 Å². The van der Waals surface area contributed by atoms with Crippen LogP contribution in [0.3, 0.4) is 0 Å². The molecule has 0 aliphatic carbocycles. The number of carbonyl (C=O) groups excluding carboxylic acids is 1. The van der Waals surface area contributed by atoms with Gasteiger partial charge in [0.2, 0.25) is 0 Å². The number of pyridine rings is 1. The van der Waals surface area contributed by atoms with Gasteiger partial charge in [0.05, 0.1) is 11.1 Å². The van der Waals surface area contributed by atoms with Crippen LogP contribution in [0.1, 0.15) is 21.5 Å². The highest BCUT2D eigenvalue weighted by Gasteiger charge is 2.14. The molecular weight excluding hydrogens is 454 g/mol. The van der Waals surface area contributed by atoms with Crippen molar-refractivity contribution in [2.24, 2.45) is 0 Å². The molecule has 5 heteroatoms. The van der Waals surface area contributed by atoms with Crippen LogP contribution in [0.4, 0.5) is 0 Å². The van der Waals surface area contributed by atoms with E-state index in [1.54, 1.807) is 13.2 Å². The van der Waals surface area contributed by atoms with Crippen LogP contribution in [0.5, 0.6) is 0 Å². The van der Waals surface area contributed by atoms with E-state index in [1.807, 2.05) is 6.07 Å². The van der Waals surface area contributed by atoms with E-state index in [4.69, 9.17) is 0 Å². The number of amides is 1. The van der Waals surface area contributed by atoms with Crippen molar-refractivity contribution >= 4 is 62.0 Å². The van der Waals surface area contributed by atoms with Crippen LogP contribution in [0.25, 0.3) is 10.9 Å². The van der Waals surface area contributed by atoms with Crippen molar-refractivity contribution in [1.29, 1.82) is 0 Å². The zero-order valence-electron chi connectivity index (χ0n) is 10.3. The molecule has 0 aliphatic heterocycles. The first kappa shape index (κ1) is 14.0. The van der Waals surface area contributed by atoms with Crippen LogP contribution in [-0.2, 0) is 0 Å². The molecule has 0 bridgehead atoms. The molecule has 0 fully saturated rings. The molecule has 0 spiro atoms. The van der Waals surface area contributed by atoms with Gasteiger partial charge in [-0.2, -0.15) is 0 Å². The Morgan fingerprint density at radius 1 is 1.22 bits per heavy atom. The first-order valence-electron chi connectivity index (χ1n) is 5.43. The largest absolute Gasteiger partial charge is 0.355 e. The third-order valence-corrected chi connectivity index (χ3v) is 6.55. The molecule has 1 N–H and O–H groups in total. The van der Waals surface area contributed by atoms with E-state index in [0.717, 1.165) is 14.5 Å². The molecule has 18 heavy (non-hydrogen) atoms. The van der Waals surface area contributed by atoms with Gasteiger partial charge in [-0.15, -0.1) is 0 Å². The summed E-state index contributed by atoms with van der Waals surface area (Å²) in [7, 11) is 1.63. The molecule has 94 valence electrons. The Labute approximate surface area is 133 Å². The second-order valence-corrected chi connectivity index (χ2v) is 6.23. The predicted molar refractivity (Wildman–Crippen MR) is 90.0 cm³/mol. The lowest BCUT2D eigenvalue weighted by Crippen LogP contribution is -2.18. The van der Waals surface area contributed by atoms with Gasteiger partial charge in [0.1, 0.15) is 0 Å². The highest BCUT2D eigenvalue weighted by Crippen LogP contribution is 2.31. The molecule has 0 radical (unpaired) electrons. The first-order chi connectivity index (χ1) is 8.47. The summed E-state index contributed by atoms with van der Waals surface area (Å²) in [5, 5.41) is 3.67. The van der Waals surface area contributed by atoms with Gasteiger partial charge < -0.3 is 5.32 Å². The lowest BCUT2D eigenvalue weighted by Gasteiger charge is -2.11. The smallest absolute Gasteiger partial charge is 0.252 e. The van der Waals surface area contributed by atoms with Crippen molar-refractivity contribution in [1.82, 2.24) is 10.3 Å². The van der Waals surface area contributed by atoms with E-state index >= 15 is 0 Å². The summed E-state index contributed by atoms with van der Waals surface area (Å²) in [5.41, 5.74) is 4.01. The zero-order valence-corrected chi connectivity index (χ0v) is 14.6. The fraction of sp³-hybridized carbons (Fsp3) is 0.231. The highest BCUT2D eigenvalue weighted by atomic mass is 127. The van der Waals surface area contributed by atoms with Crippen LogP contribution < -0.4 is 5.32 Å². The quantitative estimate of drug-likeness (QED) is 0.656. The number of hydrogen-bond donors (Lipinski definition) is 1. The number of nitrogens with zero attached hydrogens (tertiary/aromatic N) is 1. The minimum absolute atomic E-state index is 0.103. The molecule has 0 aliphatic rings. The van der Waals surface area contributed by atoms with Gasteiger partial charge in [0.25, 0.3) is 5.91 Å². The molecule has 1 aromatic heterocycles. The molecular formula is C13H12I2N2O. The normalized spacial score (nSPS) is 10.7. The highest BCUT2D eigenvalue weighted by molar-refractivity contribution is 14.1. The van der Waals surface area contributed by atoms with Crippen LogP contribution in [-0.4, -0.2) is 17.9 Å². The molecule has 1 heterocycles. The number of rotatable bonds is 1. The van der Waals surface area contributed by atoms with Crippen LogP contribution in [0.2, 0.25) is 0 Å². The number of nitrogens with one attached hydrogen (secondary N) is 1. The predicted octanol–water partition coefficient (Wildman–Crippen LogP) is 3.42. The Kier molecular flexibility index (Phi) is 4.10. The SMILES string of the molecule is CNC(=O)c1cnc2c(C)c(C)c(I)c(I)c2c1. The molecule has 0 saturated heterocycles. The second-order valence-electron chi connectivity index (χ2n) is 4.08. The number of hydrogen-bond acceptors (Lipinski definition) is 2. The van der Waals surface area contributed by atoms with Crippen molar-refractivity contribution in [3.8, 4) is 0 Å². The number of carbonyl (C=O) groups is 1. The van der Waals surface area contributed by atoms with Crippen molar-refractivity contribution in [2.75, 3.05) is 7.05 Å². The first-order valence-corrected chi connectivity index (χ1v) is 7.59. The lowest BCUT2D eigenvalue weighted by atomic mass is 10.0. The van der Waals surface area contributed by atoms with Gasteiger partial charge >= 0.3 is 0 Å². The van der Waals surface area contributed by atoms with E-state index < -0.39 is 0 Å². The van der Waals surface area contributed by atoms with Crippen LogP contribution in [0, 0.1) is 21.0 Å². The summed E-state index contributed by atoms with van der Waals surface area (Å²) in [5.74, 6) is -0.103. The molecule has 2 aromatic rings. The lowest BCUT2D eigenvalue weighted by molar-refractivity contribution is 0.0963. The average molecular weight is 466 g/mol. The summed E-state index contributed by atoms with van der Waals surface area (Å²) in [4.78, 5) is 16.1. The Bertz CT molecular complexity index is 653.